The Morgan fingerprint density at radius 3 is 2.18 bits per heavy atom. The average molecular weight is 754 g/mol. The number of nitro benzene ring substituents is 1. The van der Waals surface area contributed by atoms with Gasteiger partial charge in [0, 0.05) is 68.6 Å². The van der Waals surface area contributed by atoms with Crippen LogP contribution in [0, 0.1) is 16.0 Å². The molecular formula is C38H39Cl3N4O6. The van der Waals surface area contributed by atoms with E-state index in [-0.39, 0.29) is 41.9 Å². The number of amides is 1. The largest absolute Gasteiger partial charge is 0.392 e. The summed E-state index contributed by atoms with van der Waals surface area (Å²) in [4.78, 5) is 27.4. The number of hydrogen-bond donors (Lipinski definition) is 2. The number of nitrogens with one attached hydrogen (secondary N) is 1. The molecular weight excluding hydrogens is 715 g/mol. The highest BCUT2D eigenvalue weighted by Crippen LogP contribution is 2.42. The molecule has 1 amide bonds. The normalized spacial score (nSPS) is 21.3. The van der Waals surface area contributed by atoms with Gasteiger partial charge in [0.25, 0.3) is 15.4 Å². The third-order valence-electron chi connectivity index (χ3n) is 9.51. The van der Waals surface area contributed by atoms with Crippen molar-refractivity contribution in [2.45, 2.75) is 42.4 Å². The smallest absolute Gasteiger partial charge is 0.272 e. The first-order valence-electron chi connectivity index (χ1n) is 16.7. The van der Waals surface area contributed by atoms with Crippen LogP contribution in [0.5, 0.6) is 0 Å². The molecule has 4 atom stereocenters. The summed E-state index contributed by atoms with van der Waals surface area (Å²) in [6.07, 6.45) is -0.966. The molecule has 2 aliphatic rings. The number of anilines is 1. The molecule has 4 aromatic carbocycles. The second-order valence-corrected chi connectivity index (χ2v) is 15.2. The molecule has 268 valence electrons. The van der Waals surface area contributed by atoms with Gasteiger partial charge in [-0.15, -0.1) is 0 Å². The van der Waals surface area contributed by atoms with Crippen LogP contribution in [0.1, 0.15) is 41.6 Å². The van der Waals surface area contributed by atoms with Crippen LogP contribution in [0.15, 0.2) is 97.1 Å². The Bertz CT molecular complexity index is 1800. The van der Waals surface area contributed by atoms with Crippen molar-refractivity contribution >= 4 is 52.1 Å². The number of carbonyl (C=O) groups is 1. The molecule has 51 heavy (non-hydrogen) atoms. The number of rotatable bonds is 10. The second-order valence-electron chi connectivity index (χ2n) is 12.9. The van der Waals surface area contributed by atoms with E-state index < -0.39 is 16.0 Å². The number of ether oxygens (including phenoxy) is 2. The Morgan fingerprint density at radius 1 is 0.882 bits per heavy atom. The molecule has 0 aromatic heterocycles. The average Bonchev–Trinajstić information content (AvgIpc) is 3.15. The molecule has 2 heterocycles. The highest BCUT2D eigenvalue weighted by Gasteiger charge is 2.39. The minimum Gasteiger partial charge on any atom is -0.392 e. The predicted molar refractivity (Wildman–Crippen MR) is 199 cm³/mol. The Hall–Kier alpha value is -3.74. The van der Waals surface area contributed by atoms with Crippen molar-refractivity contribution in [2.24, 2.45) is 5.92 Å². The number of benzene rings is 4. The van der Waals surface area contributed by atoms with Gasteiger partial charge in [0.2, 0.25) is 0 Å². The molecule has 0 radical (unpaired) electrons. The zero-order valence-corrected chi connectivity index (χ0v) is 30.2. The molecule has 2 N–H and O–H groups in total. The van der Waals surface area contributed by atoms with Crippen LogP contribution in [0.25, 0.3) is 11.1 Å². The van der Waals surface area contributed by atoms with Crippen molar-refractivity contribution in [2.75, 3.05) is 37.6 Å². The number of non-ortho nitro benzene ring substituents is 1. The van der Waals surface area contributed by atoms with Gasteiger partial charge in [-0.25, -0.2) is 0 Å². The summed E-state index contributed by atoms with van der Waals surface area (Å²) in [5.41, 5.74) is 6.62. The lowest BCUT2D eigenvalue weighted by Crippen LogP contribution is -2.51. The summed E-state index contributed by atoms with van der Waals surface area (Å²) in [6, 6.07) is 30.5. The number of aliphatic hydroxyl groups excluding tert-OH is 1. The van der Waals surface area contributed by atoms with E-state index in [1.165, 1.54) is 0 Å². The van der Waals surface area contributed by atoms with Gasteiger partial charge < -0.3 is 24.8 Å². The maximum Gasteiger partial charge on any atom is 0.272 e. The molecule has 0 spiro atoms. The van der Waals surface area contributed by atoms with Crippen LogP contribution >= 0.6 is 34.8 Å². The predicted octanol–water partition coefficient (Wildman–Crippen LogP) is 7.35. The summed E-state index contributed by atoms with van der Waals surface area (Å²) in [5.74, 6) is -0.646. The Morgan fingerprint density at radius 2 is 1.55 bits per heavy atom. The van der Waals surface area contributed by atoms with E-state index >= 15 is 0 Å². The molecule has 4 aromatic rings. The van der Waals surface area contributed by atoms with Crippen LogP contribution in [0.4, 0.5) is 11.4 Å². The highest BCUT2D eigenvalue weighted by atomic mass is 35.6. The second kappa shape index (κ2) is 16.3. The lowest BCUT2D eigenvalue weighted by atomic mass is 9.89. The first kappa shape index (κ1) is 37.0. The van der Waals surface area contributed by atoms with Crippen LogP contribution < -0.4 is 10.2 Å². The summed E-state index contributed by atoms with van der Waals surface area (Å²) < 4.78 is 11.4. The zero-order chi connectivity index (χ0) is 36.1. The van der Waals surface area contributed by atoms with Gasteiger partial charge in [-0.05, 0) is 46.0 Å². The monoisotopic (exact) mass is 752 g/mol. The lowest BCUT2D eigenvalue weighted by Gasteiger charge is -2.44. The summed E-state index contributed by atoms with van der Waals surface area (Å²) in [6.45, 7) is 6.32. The van der Waals surface area contributed by atoms with Gasteiger partial charge in [-0.2, -0.15) is 0 Å². The summed E-state index contributed by atoms with van der Waals surface area (Å²) in [5, 5.41) is 23.3. The number of hydrogen-bond acceptors (Lipinski definition) is 8. The van der Waals surface area contributed by atoms with Crippen molar-refractivity contribution in [3.05, 3.63) is 129 Å². The number of carbonyl (C=O) groups excluding carboxylic acids is 1. The minimum atomic E-state index is -2.03. The number of aliphatic hydroxyl groups is 1. The van der Waals surface area contributed by atoms with Gasteiger partial charge in [0.15, 0.2) is 6.29 Å². The fraction of sp³-hybridized carbons (Fsp3) is 0.342. The Labute approximate surface area is 312 Å². The Kier molecular flexibility index (Phi) is 11.8. The molecule has 2 fully saturated rings. The molecule has 6 rings (SSSR count). The number of alkyl halides is 3. The standard InChI is InChI=1S/C38H39Cl3N4O6/c1-25-34(23-43-17-19-44(20-18-43)32-13-15-33(16-14-32)45(48)49)50-36(51-35(25)29-7-5-26(24-46)6-8-29)30-11-9-28(10-12-30)31-4-2-3-27(21-31)22-42-37(47)38(39,40)41/h2-16,21,25,34-36,46H,17-20,22-24H2,1H3,(H,42,47)/t25-,34+,35+,36+/m1/s1. The Balaban J connectivity index is 1.16. The quantitative estimate of drug-likeness (QED) is 0.0981. The van der Waals surface area contributed by atoms with E-state index in [0.29, 0.717) is 0 Å². The number of nitrogens with zero attached hydrogens (tertiary/aromatic N) is 3. The van der Waals surface area contributed by atoms with Gasteiger partial charge in [0.05, 0.1) is 23.7 Å². The van der Waals surface area contributed by atoms with Gasteiger partial charge >= 0.3 is 0 Å². The van der Waals surface area contributed by atoms with Gasteiger partial charge in [-0.3, -0.25) is 19.8 Å². The van der Waals surface area contributed by atoms with Crippen LogP contribution in [-0.4, -0.2) is 63.5 Å². The number of piperazine rings is 1. The molecule has 13 heteroatoms. The van der Waals surface area contributed by atoms with E-state index in [1.54, 1.807) is 12.1 Å². The third-order valence-corrected chi connectivity index (χ3v) is 10.0. The molecule has 0 saturated carbocycles. The van der Waals surface area contributed by atoms with E-state index in [4.69, 9.17) is 44.3 Å². The van der Waals surface area contributed by atoms with Crippen LogP contribution in [0.3, 0.4) is 0 Å². The molecule has 0 aliphatic carbocycles. The summed E-state index contributed by atoms with van der Waals surface area (Å²) >= 11 is 17.1. The fourth-order valence-corrected chi connectivity index (χ4v) is 6.73. The number of nitro groups is 1. The van der Waals surface area contributed by atoms with Crippen molar-refractivity contribution in [3.63, 3.8) is 0 Å². The maximum atomic E-state index is 12.0. The van der Waals surface area contributed by atoms with Crippen LogP contribution in [-0.2, 0) is 27.4 Å². The molecule has 2 aliphatic heterocycles. The lowest BCUT2D eigenvalue weighted by molar-refractivity contribution is -0.384. The van der Waals surface area contributed by atoms with Gasteiger partial charge in [-0.1, -0.05) is 108 Å². The van der Waals surface area contributed by atoms with Crippen molar-refractivity contribution in [1.82, 2.24) is 10.2 Å². The highest BCUT2D eigenvalue weighted by molar-refractivity contribution is 6.76. The van der Waals surface area contributed by atoms with E-state index in [9.17, 15) is 20.0 Å². The molecule has 2 saturated heterocycles. The van der Waals surface area contributed by atoms with Crippen molar-refractivity contribution in [1.29, 1.82) is 0 Å². The molecule has 0 bridgehead atoms. The van der Waals surface area contributed by atoms with E-state index in [2.05, 4.69) is 22.0 Å². The molecule has 0 unspecified atom stereocenters. The van der Waals surface area contributed by atoms with Crippen molar-refractivity contribution in [3.8, 4) is 11.1 Å². The van der Waals surface area contributed by atoms with E-state index in [0.717, 1.165) is 71.8 Å². The third kappa shape index (κ3) is 9.20. The minimum absolute atomic E-state index is 0.0274. The van der Waals surface area contributed by atoms with Crippen LogP contribution in [0.2, 0.25) is 0 Å². The maximum absolute atomic E-state index is 12.0. The van der Waals surface area contributed by atoms with Crippen molar-refractivity contribution < 1.29 is 24.3 Å². The van der Waals surface area contributed by atoms with E-state index in [1.807, 2.05) is 84.9 Å². The SMILES string of the molecule is C[C@@H]1[C@H](CN2CCN(c3ccc([N+](=O)[O-])cc3)CC2)O[C@H](c2ccc(-c3cccc(CNC(=O)C(Cl)(Cl)Cl)c3)cc2)O[C@@H]1c1ccc(CO)cc1. The zero-order valence-electron chi connectivity index (χ0n) is 28.0. The topological polar surface area (TPSA) is 117 Å². The fourth-order valence-electron chi connectivity index (χ4n) is 6.53. The number of halogens is 3. The first-order valence-corrected chi connectivity index (χ1v) is 17.9. The molecule has 10 nitrogen and oxygen atoms in total. The van der Waals surface area contributed by atoms with Gasteiger partial charge in [0.1, 0.15) is 0 Å². The first-order chi connectivity index (χ1) is 24.5. The summed E-state index contributed by atoms with van der Waals surface area (Å²) in [7, 11) is 0.